The van der Waals surface area contributed by atoms with Crippen LogP contribution in [0.5, 0.6) is 0 Å². The Morgan fingerprint density at radius 3 is 2.71 bits per heavy atom. The third-order valence-corrected chi connectivity index (χ3v) is 4.67. The van der Waals surface area contributed by atoms with Crippen LogP contribution < -0.4 is 5.32 Å². The first-order chi connectivity index (χ1) is 9.88. The number of carbonyl (C=O) groups excluding carboxylic acids is 1. The molecule has 1 aromatic carbocycles. The first kappa shape index (κ1) is 13.0. The maximum absolute atomic E-state index is 12.5. The Labute approximate surface area is 127 Å². The minimum atomic E-state index is -0.580. The van der Waals surface area contributed by atoms with E-state index in [1.54, 1.807) is 0 Å². The fourth-order valence-corrected chi connectivity index (χ4v) is 3.40. The zero-order valence-corrected chi connectivity index (χ0v) is 13.0. The lowest BCUT2D eigenvalue weighted by molar-refractivity contribution is 0.0939. The van der Waals surface area contributed by atoms with E-state index in [1.165, 1.54) is 0 Å². The van der Waals surface area contributed by atoms with Crippen LogP contribution in [0.4, 0.5) is 5.69 Å². The van der Waals surface area contributed by atoms with Crippen LogP contribution in [0, 0.1) is 6.92 Å². The quantitative estimate of drug-likeness (QED) is 0.813. The fraction of sp³-hybridized carbons (Fsp3) is 0.438. The summed E-state index contributed by atoms with van der Waals surface area (Å²) in [6.07, 6.45) is 2.27. The Morgan fingerprint density at radius 1 is 1.33 bits per heavy atom. The molecule has 2 heterocycles. The van der Waals surface area contributed by atoms with Crippen LogP contribution in [0.25, 0.3) is 10.9 Å². The van der Waals surface area contributed by atoms with Crippen LogP contribution >= 0.6 is 11.6 Å². The van der Waals surface area contributed by atoms with E-state index >= 15 is 0 Å². The molecule has 2 aromatic rings. The molecule has 2 aliphatic rings. The number of hydrogen-bond donors (Lipinski definition) is 1. The molecule has 108 valence electrons. The normalized spacial score (nSPS) is 19.7. The largest absolute Gasteiger partial charge is 0.372 e. The second-order valence-corrected chi connectivity index (χ2v) is 6.90. The maximum atomic E-state index is 12.5. The molecular weight excluding hydrogens is 286 g/mol. The first-order valence-electron chi connectivity index (χ1n) is 7.22. The van der Waals surface area contributed by atoms with E-state index in [4.69, 9.17) is 11.6 Å². The number of aryl methyl sites for hydroxylation is 1. The molecule has 0 spiro atoms. The second-order valence-electron chi connectivity index (χ2n) is 6.54. The minimum Gasteiger partial charge on any atom is -0.372 e. The zero-order chi connectivity index (χ0) is 14.9. The highest BCUT2D eigenvalue weighted by Crippen LogP contribution is 2.42. The Balaban J connectivity index is 2.02. The highest BCUT2D eigenvalue weighted by atomic mass is 35.5. The molecule has 0 bridgehead atoms. The summed E-state index contributed by atoms with van der Waals surface area (Å²) in [6, 6.07) is 1.93. The number of hydrogen-bond acceptors (Lipinski definition) is 4. The molecule has 4 rings (SSSR count). The van der Waals surface area contributed by atoms with Gasteiger partial charge in [-0.3, -0.25) is 4.79 Å². The minimum absolute atomic E-state index is 0.0965. The third-order valence-electron chi connectivity index (χ3n) is 4.39. The van der Waals surface area contributed by atoms with Gasteiger partial charge in [-0.1, -0.05) is 11.6 Å². The van der Waals surface area contributed by atoms with Gasteiger partial charge in [-0.05, 0) is 45.2 Å². The molecule has 0 atom stereocenters. The van der Waals surface area contributed by atoms with Gasteiger partial charge >= 0.3 is 0 Å². The molecule has 0 radical (unpaired) electrons. The van der Waals surface area contributed by atoms with Crippen molar-refractivity contribution >= 4 is 34.0 Å². The molecule has 1 aliphatic heterocycles. The van der Waals surface area contributed by atoms with Crippen LogP contribution in [-0.2, 0) is 0 Å². The van der Waals surface area contributed by atoms with Gasteiger partial charge in [0.05, 0.1) is 11.1 Å². The van der Waals surface area contributed by atoms with Gasteiger partial charge in [0.15, 0.2) is 5.78 Å². The Bertz CT molecular complexity index is 809. The van der Waals surface area contributed by atoms with Crippen LogP contribution in [0.2, 0.25) is 5.15 Å². The lowest BCUT2D eigenvalue weighted by atomic mass is 9.94. The van der Waals surface area contributed by atoms with Crippen molar-refractivity contribution in [3.63, 3.8) is 0 Å². The lowest BCUT2D eigenvalue weighted by Gasteiger charge is -2.15. The van der Waals surface area contributed by atoms with Crippen molar-refractivity contribution in [1.82, 2.24) is 9.97 Å². The predicted octanol–water partition coefficient (Wildman–Crippen LogP) is 3.86. The van der Waals surface area contributed by atoms with Gasteiger partial charge in [0.25, 0.3) is 0 Å². The summed E-state index contributed by atoms with van der Waals surface area (Å²) in [6.45, 7) is 5.71. The molecule has 1 fully saturated rings. The Hall–Kier alpha value is -1.68. The number of Topliss-reactive ketones (excluding diaryl/α,β-unsaturated/α-hetero) is 1. The predicted molar refractivity (Wildman–Crippen MR) is 83.3 cm³/mol. The van der Waals surface area contributed by atoms with E-state index in [0.29, 0.717) is 11.1 Å². The van der Waals surface area contributed by atoms with Crippen LogP contribution in [0.1, 0.15) is 54.4 Å². The summed E-state index contributed by atoms with van der Waals surface area (Å²) in [5, 5.41) is 4.54. The van der Waals surface area contributed by atoms with Crippen molar-refractivity contribution in [2.24, 2.45) is 0 Å². The topological polar surface area (TPSA) is 54.9 Å². The van der Waals surface area contributed by atoms with Crippen molar-refractivity contribution in [2.45, 2.75) is 45.1 Å². The van der Waals surface area contributed by atoms with Crippen molar-refractivity contribution in [1.29, 1.82) is 0 Å². The number of carbonyl (C=O) groups is 1. The molecular formula is C16H16ClN3O. The number of aromatic nitrogens is 2. The van der Waals surface area contributed by atoms with E-state index < -0.39 is 5.54 Å². The van der Waals surface area contributed by atoms with E-state index in [1.807, 2.05) is 26.8 Å². The Morgan fingerprint density at radius 2 is 2.05 bits per heavy atom. The first-order valence-corrected chi connectivity index (χ1v) is 7.60. The van der Waals surface area contributed by atoms with E-state index in [-0.39, 0.29) is 5.78 Å². The second kappa shape index (κ2) is 3.95. The van der Waals surface area contributed by atoms with E-state index in [9.17, 15) is 4.79 Å². The van der Waals surface area contributed by atoms with Crippen molar-refractivity contribution in [3.05, 3.63) is 28.2 Å². The van der Waals surface area contributed by atoms with E-state index in [2.05, 4.69) is 15.3 Å². The summed E-state index contributed by atoms with van der Waals surface area (Å²) in [4.78, 5) is 21.6. The molecule has 0 amide bonds. The fourth-order valence-electron chi connectivity index (χ4n) is 3.07. The summed E-state index contributed by atoms with van der Waals surface area (Å²) >= 11 is 6.38. The number of rotatable bonds is 1. The number of ketones is 1. The van der Waals surface area contributed by atoms with Gasteiger partial charge < -0.3 is 5.32 Å². The van der Waals surface area contributed by atoms with Crippen molar-refractivity contribution < 1.29 is 4.79 Å². The molecule has 1 aromatic heterocycles. The monoisotopic (exact) mass is 301 g/mol. The summed E-state index contributed by atoms with van der Waals surface area (Å²) in [7, 11) is 0. The Kier molecular flexibility index (Phi) is 2.45. The van der Waals surface area contributed by atoms with Gasteiger partial charge in [0.1, 0.15) is 11.0 Å². The number of nitrogens with one attached hydrogen (secondary N) is 1. The molecule has 0 unspecified atom stereocenters. The van der Waals surface area contributed by atoms with Gasteiger partial charge in [0, 0.05) is 22.6 Å². The summed E-state index contributed by atoms with van der Waals surface area (Å²) in [5.74, 6) is 1.38. The van der Waals surface area contributed by atoms with Crippen molar-refractivity contribution in [3.8, 4) is 0 Å². The van der Waals surface area contributed by atoms with Crippen molar-refractivity contribution in [2.75, 3.05) is 5.32 Å². The third kappa shape index (κ3) is 1.78. The van der Waals surface area contributed by atoms with Crippen LogP contribution in [-0.4, -0.2) is 21.3 Å². The average molecular weight is 302 g/mol. The number of anilines is 1. The summed E-state index contributed by atoms with van der Waals surface area (Å²) < 4.78 is 0. The number of nitrogens with zero attached hydrogens (tertiary/aromatic N) is 2. The van der Waals surface area contributed by atoms with Gasteiger partial charge in [-0.2, -0.15) is 0 Å². The molecule has 5 heteroatoms. The van der Waals surface area contributed by atoms with Crippen LogP contribution in [0.3, 0.4) is 0 Å². The highest BCUT2D eigenvalue weighted by Gasteiger charge is 2.39. The smallest absolute Gasteiger partial charge is 0.189 e. The highest BCUT2D eigenvalue weighted by molar-refractivity contribution is 6.35. The summed E-state index contributed by atoms with van der Waals surface area (Å²) in [5.41, 5.74) is 2.69. The molecule has 1 aliphatic carbocycles. The standard InChI is InChI=1S/C16H16ClN3O/c1-7-11-10(20-16(2,3)13(11)21)6-9-12(7)14(17)19-15(18-9)8-4-5-8/h6,8,20H,4-5H2,1-3H3. The molecule has 1 saturated carbocycles. The van der Waals surface area contributed by atoms with Crippen LogP contribution in [0.15, 0.2) is 6.07 Å². The van der Waals surface area contributed by atoms with E-state index in [0.717, 1.165) is 46.4 Å². The maximum Gasteiger partial charge on any atom is 0.189 e. The average Bonchev–Trinajstić information content (AvgIpc) is 3.17. The zero-order valence-electron chi connectivity index (χ0n) is 12.2. The van der Waals surface area contributed by atoms with Gasteiger partial charge in [-0.25, -0.2) is 9.97 Å². The number of halogens is 1. The molecule has 0 saturated heterocycles. The molecule has 21 heavy (non-hydrogen) atoms. The number of fused-ring (bicyclic) bond motifs is 2. The lowest BCUT2D eigenvalue weighted by Crippen LogP contribution is -2.33. The molecule has 4 nitrogen and oxygen atoms in total. The number of benzene rings is 1. The molecule has 1 N–H and O–H groups in total. The van der Waals surface area contributed by atoms with Gasteiger partial charge in [-0.15, -0.1) is 0 Å². The SMILES string of the molecule is Cc1c2c(cc3nc(C4CC4)nc(Cl)c13)NC(C)(C)C2=O. The van der Waals surface area contributed by atoms with Gasteiger partial charge in [0.2, 0.25) is 0 Å².